The van der Waals surface area contributed by atoms with Gasteiger partial charge in [0.05, 0.1) is 11.1 Å². The van der Waals surface area contributed by atoms with Crippen LogP contribution in [0.4, 0.5) is 11.8 Å². The fourth-order valence-electron chi connectivity index (χ4n) is 2.61. The van der Waals surface area contributed by atoms with Gasteiger partial charge >= 0.3 is 0 Å². The van der Waals surface area contributed by atoms with Crippen LogP contribution in [0.2, 0.25) is 0 Å². The summed E-state index contributed by atoms with van der Waals surface area (Å²) in [6.45, 7) is 4.12. The Morgan fingerprint density at radius 1 is 1.13 bits per heavy atom. The Kier molecular flexibility index (Phi) is 2.74. The number of benzene rings is 1. The van der Waals surface area contributed by atoms with Crippen molar-refractivity contribution in [2.75, 3.05) is 11.5 Å². The van der Waals surface area contributed by atoms with E-state index < -0.39 is 0 Å². The fraction of sp³-hybridized carbons (Fsp3) is 0.200. The van der Waals surface area contributed by atoms with Gasteiger partial charge in [-0.15, -0.1) is 0 Å². The largest absolute Gasteiger partial charge is 0.424 e. The van der Waals surface area contributed by atoms with Gasteiger partial charge in [0.1, 0.15) is 11.3 Å². The van der Waals surface area contributed by atoms with E-state index in [0.29, 0.717) is 28.4 Å². The summed E-state index contributed by atoms with van der Waals surface area (Å²) < 4.78 is 5.27. The average molecular weight is 309 g/mol. The Morgan fingerprint density at radius 3 is 2.74 bits per heavy atom. The van der Waals surface area contributed by atoms with Crippen LogP contribution in [0.15, 0.2) is 22.6 Å². The van der Waals surface area contributed by atoms with E-state index in [1.165, 1.54) is 0 Å². The summed E-state index contributed by atoms with van der Waals surface area (Å²) in [6, 6.07) is 5.55. The van der Waals surface area contributed by atoms with E-state index in [0.717, 1.165) is 16.6 Å². The molecule has 0 saturated carbocycles. The number of nitrogens with one attached hydrogen (secondary N) is 1. The van der Waals surface area contributed by atoms with Gasteiger partial charge in [0.2, 0.25) is 0 Å². The SMILES string of the molecule is CC(C)c1[nH]nc2nc(-c3ccc4oc(N)nc4c3)nc(N)c12. The molecule has 0 bridgehead atoms. The van der Waals surface area contributed by atoms with Crippen LogP contribution in [0.1, 0.15) is 25.5 Å². The highest BCUT2D eigenvalue weighted by Crippen LogP contribution is 2.29. The van der Waals surface area contributed by atoms with Crippen molar-refractivity contribution in [3.05, 3.63) is 23.9 Å². The highest BCUT2D eigenvalue weighted by Gasteiger charge is 2.16. The molecule has 0 spiro atoms. The first-order valence-corrected chi connectivity index (χ1v) is 7.21. The van der Waals surface area contributed by atoms with Gasteiger partial charge in [-0.1, -0.05) is 13.8 Å². The molecule has 5 N–H and O–H groups in total. The van der Waals surface area contributed by atoms with E-state index in [1.54, 1.807) is 6.07 Å². The summed E-state index contributed by atoms with van der Waals surface area (Å²) in [5.41, 5.74) is 15.2. The minimum atomic E-state index is 0.127. The normalized spacial score (nSPS) is 11.8. The van der Waals surface area contributed by atoms with Crippen molar-refractivity contribution in [3.63, 3.8) is 0 Å². The number of nitrogens with zero attached hydrogens (tertiary/aromatic N) is 4. The van der Waals surface area contributed by atoms with Crippen molar-refractivity contribution in [1.29, 1.82) is 0 Å². The molecule has 23 heavy (non-hydrogen) atoms. The molecule has 116 valence electrons. The van der Waals surface area contributed by atoms with E-state index in [2.05, 4.69) is 39.0 Å². The lowest BCUT2D eigenvalue weighted by molar-refractivity contribution is 0.626. The number of oxazole rings is 1. The predicted octanol–water partition coefficient (Wildman–Crippen LogP) is 2.45. The molecule has 3 heterocycles. The number of rotatable bonds is 2. The lowest BCUT2D eigenvalue weighted by atomic mass is 10.1. The average Bonchev–Trinajstić information content (AvgIpc) is 3.08. The number of hydrogen-bond donors (Lipinski definition) is 3. The molecule has 4 aromatic rings. The third-order valence-corrected chi connectivity index (χ3v) is 3.71. The summed E-state index contributed by atoms with van der Waals surface area (Å²) >= 11 is 0. The molecule has 0 fully saturated rings. The molecule has 0 aliphatic rings. The Morgan fingerprint density at radius 2 is 1.96 bits per heavy atom. The Hall–Kier alpha value is -3.16. The highest BCUT2D eigenvalue weighted by atomic mass is 16.4. The molecule has 4 rings (SSSR count). The maximum absolute atomic E-state index is 6.13. The van der Waals surface area contributed by atoms with Crippen LogP contribution < -0.4 is 11.5 Å². The zero-order chi connectivity index (χ0) is 16.1. The number of fused-ring (bicyclic) bond motifs is 2. The molecule has 3 aromatic heterocycles. The van der Waals surface area contributed by atoms with Gasteiger partial charge in [0.25, 0.3) is 6.01 Å². The van der Waals surface area contributed by atoms with Crippen molar-refractivity contribution in [1.82, 2.24) is 25.1 Å². The summed E-state index contributed by atoms with van der Waals surface area (Å²) in [6.07, 6.45) is 0. The Bertz CT molecular complexity index is 1030. The summed E-state index contributed by atoms with van der Waals surface area (Å²) in [5, 5.41) is 8.01. The Labute approximate surface area is 130 Å². The van der Waals surface area contributed by atoms with Crippen molar-refractivity contribution in [3.8, 4) is 11.4 Å². The first kappa shape index (κ1) is 13.5. The van der Waals surface area contributed by atoms with Gasteiger partial charge in [-0.25, -0.2) is 9.97 Å². The first-order chi connectivity index (χ1) is 11.0. The summed E-state index contributed by atoms with van der Waals surface area (Å²) in [4.78, 5) is 13.0. The smallest absolute Gasteiger partial charge is 0.292 e. The molecule has 0 unspecified atom stereocenters. The molecule has 0 radical (unpaired) electrons. The fourth-order valence-corrected chi connectivity index (χ4v) is 2.61. The van der Waals surface area contributed by atoms with Crippen molar-refractivity contribution in [2.24, 2.45) is 0 Å². The lowest BCUT2D eigenvalue weighted by Gasteiger charge is -2.05. The molecule has 0 saturated heterocycles. The van der Waals surface area contributed by atoms with Crippen LogP contribution in [0, 0.1) is 0 Å². The molecule has 0 amide bonds. The van der Waals surface area contributed by atoms with Gasteiger partial charge in [-0.05, 0) is 24.1 Å². The summed E-state index contributed by atoms with van der Waals surface area (Å²) in [5.74, 6) is 1.15. The molecule has 0 aliphatic heterocycles. The van der Waals surface area contributed by atoms with E-state index in [-0.39, 0.29) is 11.9 Å². The number of aromatic amines is 1. The van der Waals surface area contributed by atoms with E-state index in [9.17, 15) is 0 Å². The second-order valence-corrected chi connectivity index (χ2v) is 5.66. The van der Waals surface area contributed by atoms with E-state index >= 15 is 0 Å². The molecule has 0 atom stereocenters. The highest BCUT2D eigenvalue weighted by molar-refractivity contribution is 5.90. The van der Waals surface area contributed by atoms with Crippen LogP contribution in [0.5, 0.6) is 0 Å². The quantitative estimate of drug-likeness (QED) is 0.518. The van der Waals surface area contributed by atoms with Crippen LogP contribution in [-0.4, -0.2) is 25.1 Å². The predicted molar refractivity (Wildman–Crippen MR) is 87.6 cm³/mol. The van der Waals surface area contributed by atoms with Gasteiger partial charge < -0.3 is 15.9 Å². The van der Waals surface area contributed by atoms with Gasteiger partial charge in [0, 0.05) is 5.56 Å². The second-order valence-electron chi connectivity index (χ2n) is 5.66. The van der Waals surface area contributed by atoms with Crippen LogP contribution >= 0.6 is 0 Å². The number of nitrogens with two attached hydrogens (primary N) is 2. The number of H-pyrrole nitrogens is 1. The molecule has 8 nitrogen and oxygen atoms in total. The van der Waals surface area contributed by atoms with Crippen LogP contribution in [-0.2, 0) is 0 Å². The number of hydrogen-bond acceptors (Lipinski definition) is 7. The van der Waals surface area contributed by atoms with Gasteiger partial charge in [-0.2, -0.15) is 10.1 Å². The topological polar surface area (TPSA) is 133 Å². The second kappa shape index (κ2) is 4.67. The van der Waals surface area contributed by atoms with Crippen LogP contribution in [0.25, 0.3) is 33.5 Å². The zero-order valence-electron chi connectivity index (χ0n) is 12.7. The molecule has 8 heteroatoms. The van der Waals surface area contributed by atoms with Crippen molar-refractivity contribution < 1.29 is 4.42 Å². The van der Waals surface area contributed by atoms with Gasteiger partial charge in [-0.3, -0.25) is 5.10 Å². The number of aromatic nitrogens is 5. The lowest BCUT2D eigenvalue weighted by Crippen LogP contribution is -1.99. The first-order valence-electron chi connectivity index (χ1n) is 7.21. The number of anilines is 2. The maximum atomic E-state index is 6.13. The molecular formula is C15H15N7O. The molecular weight excluding hydrogens is 294 g/mol. The monoisotopic (exact) mass is 309 g/mol. The van der Waals surface area contributed by atoms with E-state index in [4.69, 9.17) is 15.9 Å². The number of nitrogen functional groups attached to an aromatic ring is 2. The minimum Gasteiger partial charge on any atom is -0.424 e. The van der Waals surface area contributed by atoms with Gasteiger partial charge in [0.15, 0.2) is 17.1 Å². The zero-order valence-corrected chi connectivity index (χ0v) is 12.7. The van der Waals surface area contributed by atoms with Crippen LogP contribution in [0.3, 0.4) is 0 Å². The minimum absolute atomic E-state index is 0.127. The maximum Gasteiger partial charge on any atom is 0.292 e. The third-order valence-electron chi connectivity index (χ3n) is 3.71. The standard InChI is InChI=1S/C15H15N7O/c1-6(2)11-10-12(16)19-13(20-14(10)22-21-11)7-3-4-9-8(5-7)18-15(17)23-9/h3-6H,1-2H3,(H2,17,18)(H3,16,19,20,21,22). The third kappa shape index (κ3) is 2.07. The van der Waals surface area contributed by atoms with E-state index in [1.807, 2.05) is 12.1 Å². The molecule has 1 aromatic carbocycles. The van der Waals surface area contributed by atoms with Crippen molar-refractivity contribution in [2.45, 2.75) is 19.8 Å². The Balaban J connectivity index is 1.90. The summed E-state index contributed by atoms with van der Waals surface area (Å²) in [7, 11) is 0. The van der Waals surface area contributed by atoms with Crippen molar-refractivity contribution >= 4 is 34.0 Å². The molecule has 0 aliphatic carbocycles.